The molecule has 0 atom stereocenters. The predicted octanol–water partition coefficient (Wildman–Crippen LogP) is 3.25. The van der Waals surface area contributed by atoms with Crippen molar-refractivity contribution in [3.8, 4) is 11.8 Å². The number of carbonyl (C=O) groups is 1. The molecule has 0 heterocycles. The van der Waals surface area contributed by atoms with Crippen molar-refractivity contribution in [3.05, 3.63) is 58.7 Å². The highest BCUT2D eigenvalue weighted by Gasteiger charge is 2.30. The quantitative estimate of drug-likeness (QED) is 0.484. The van der Waals surface area contributed by atoms with Gasteiger partial charge in [0.05, 0.1) is 18.4 Å². The number of anilines is 1. The average molecular weight is 383 g/mol. The topological polar surface area (TPSA) is 74.2 Å². The van der Waals surface area contributed by atoms with Crippen LogP contribution in [0.1, 0.15) is 15.9 Å². The molecule has 0 saturated heterocycles. The molecule has 5 nitrogen and oxygen atoms in total. The molecule has 0 aliphatic carbocycles. The van der Waals surface area contributed by atoms with Gasteiger partial charge in [0.15, 0.2) is 22.5 Å². The molecule has 0 aliphatic heterocycles. The smallest absolute Gasteiger partial charge is 0.263 e. The number of benzene rings is 2. The summed E-state index contributed by atoms with van der Waals surface area (Å²) >= 11 is 4.81. The van der Waals surface area contributed by atoms with Gasteiger partial charge in [0.2, 0.25) is 11.6 Å². The van der Waals surface area contributed by atoms with Gasteiger partial charge in [0.25, 0.3) is 5.91 Å². The molecule has 0 spiro atoms. The second kappa shape index (κ2) is 7.79. The van der Waals surface area contributed by atoms with E-state index in [0.29, 0.717) is 0 Å². The minimum atomic E-state index is -1.93. The van der Waals surface area contributed by atoms with Crippen LogP contribution >= 0.6 is 12.2 Å². The van der Waals surface area contributed by atoms with Crippen molar-refractivity contribution in [1.29, 1.82) is 5.26 Å². The number of methoxy groups -OCH3 is 1. The van der Waals surface area contributed by atoms with Crippen molar-refractivity contribution in [2.24, 2.45) is 0 Å². The van der Waals surface area contributed by atoms with Crippen LogP contribution in [0.3, 0.4) is 0 Å². The summed E-state index contributed by atoms with van der Waals surface area (Å²) in [6.45, 7) is 0. The molecular weight excluding hydrogens is 374 g/mol. The van der Waals surface area contributed by atoms with Crippen molar-refractivity contribution < 1.29 is 27.1 Å². The summed E-state index contributed by atoms with van der Waals surface area (Å²) in [5, 5.41) is 12.9. The third kappa shape index (κ3) is 3.57. The molecule has 2 N–H and O–H groups in total. The second-order valence-corrected chi connectivity index (χ2v) is 5.14. The van der Waals surface area contributed by atoms with Gasteiger partial charge in [-0.2, -0.15) is 14.0 Å². The monoisotopic (exact) mass is 383 g/mol. The van der Waals surface area contributed by atoms with Gasteiger partial charge in [0, 0.05) is 0 Å². The standard InChI is InChI=1S/C16H9F4N3O2S/c1-25-14-12(19)10(17)9(11(18)13(14)20)15(24)23-16(26)22-8-5-3-2-4-7(8)6-21/h2-5H,1H3,(H2,22,23,24,26). The molecule has 0 radical (unpaired) electrons. The molecule has 0 bridgehead atoms. The summed E-state index contributed by atoms with van der Waals surface area (Å²) in [7, 11) is 0.811. The number of ether oxygens (including phenoxy) is 1. The summed E-state index contributed by atoms with van der Waals surface area (Å²) in [4.78, 5) is 12.0. The lowest BCUT2D eigenvalue weighted by Crippen LogP contribution is -2.35. The molecule has 0 unspecified atom stereocenters. The maximum absolute atomic E-state index is 13.9. The summed E-state index contributed by atoms with van der Waals surface area (Å²) < 4.78 is 59.4. The van der Waals surface area contributed by atoms with E-state index in [1.807, 2.05) is 11.4 Å². The van der Waals surface area contributed by atoms with E-state index in [2.05, 4.69) is 10.1 Å². The Kier molecular flexibility index (Phi) is 5.74. The van der Waals surface area contributed by atoms with Crippen LogP contribution in [0.15, 0.2) is 24.3 Å². The van der Waals surface area contributed by atoms with Gasteiger partial charge in [0.1, 0.15) is 11.6 Å². The first-order valence-corrected chi connectivity index (χ1v) is 7.24. The Labute approximate surface area is 150 Å². The maximum Gasteiger partial charge on any atom is 0.263 e. The number of carbonyl (C=O) groups excluding carboxylic acids is 1. The van der Waals surface area contributed by atoms with Crippen LogP contribution in [0.4, 0.5) is 23.2 Å². The Hall–Kier alpha value is -3.19. The largest absolute Gasteiger partial charge is 0.491 e. The van der Waals surface area contributed by atoms with Crippen LogP contribution in [0.5, 0.6) is 5.75 Å². The van der Waals surface area contributed by atoms with Gasteiger partial charge >= 0.3 is 0 Å². The summed E-state index contributed by atoms with van der Waals surface area (Å²) in [5.74, 6) is -10.4. The highest BCUT2D eigenvalue weighted by Crippen LogP contribution is 2.29. The minimum Gasteiger partial charge on any atom is -0.491 e. The Balaban J connectivity index is 2.28. The number of nitrogens with zero attached hydrogens (tertiary/aromatic N) is 1. The lowest BCUT2D eigenvalue weighted by molar-refractivity contribution is 0.0966. The first-order chi connectivity index (χ1) is 12.3. The minimum absolute atomic E-state index is 0.183. The normalized spacial score (nSPS) is 10.0. The van der Waals surface area contributed by atoms with Gasteiger partial charge in [-0.3, -0.25) is 10.1 Å². The van der Waals surface area contributed by atoms with E-state index in [-0.39, 0.29) is 11.3 Å². The number of rotatable bonds is 3. The third-order valence-electron chi connectivity index (χ3n) is 3.18. The molecular formula is C16H9F4N3O2S. The second-order valence-electron chi connectivity index (χ2n) is 4.73. The average Bonchev–Trinajstić information content (AvgIpc) is 2.61. The zero-order chi connectivity index (χ0) is 19.4. The third-order valence-corrected chi connectivity index (χ3v) is 3.38. The van der Waals surface area contributed by atoms with Crippen LogP contribution in [0, 0.1) is 34.6 Å². The Morgan fingerprint density at radius 1 is 1.12 bits per heavy atom. The first kappa shape index (κ1) is 19.1. The zero-order valence-electron chi connectivity index (χ0n) is 13.0. The van der Waals surface area contributed by atoms with Crippen molar-refractivity contribution >= 4 is 28.9 Å². The Bertz CT molecular complexity index is 915. The lowest BCUT2D eigenvalue weighted by Gasteiger charge is -2.13. The fraction of sp³-hybridized carbons (Fsp3) is 0.0625. The van der Waals surface area contributed by atoms with Crippen LogP contribution in [-0.4, -0.2) is 18.1 Å². The van der Waals surface area contributed by atoms with Crippen LogP contribution in [0.25, 0.3) is 0 Å². The van der Waals surface area contributed by atoms with Crippen molar-refractivity contribution in [2.45, 2.75) is 0 Å². The van der Waals surface area contributed by atoms with E-state index in [4.69, 9.17) is 17.5 Å². The van der Waals surface area contributed by atoms with Crippen molar-refractivity contribution in [2.75, 3.05) is 12.4 Å². The van der Waals surface area contributed by atoms with Crippen LogP contribution < -0.4 is 15.4 Å². The molecule has 2 aromatic rings. The van der Waals surface area contributed by atoms with E-state index in [1.165, 1.54) is 12.1 Å². The summed E-state index contributed by atoms with van der Waals surface area (Å²) in [5.41, 5.74) is -1.10. The SMILES string of the molecule is COc1c(F)c(F)c(C(=O)NC(=S)Nc2ccccc2C#N)c(F)c1F. The van der Waals surface area contributed by atoms with E-state index >= 15 is 0 Å². The number of para-hydroxylation sites is 1. The number of thiocarbonyl (C=S) groups is 1. The first-order valence-electron chi connectivity index (χ1n) is 6.83. The number of hydrogen-bond acceptors (Lipinski definition) is 4. The summed E-state index contributed by atoms with van der Waals surface area (Å²) in [6, 6.07) is 7.94. The fourth-order valence-corrected chi connectivity index (χ4v) is 2.20. The number of hydrogen-bond donors (Lipinski definition) is 2. The van der Waals surface area contributed by atoms with Crippen LogP contribution in [0.2, 0.25) is 0 Å². The lowest BCUT2D eigenvalue weighted by atomic mass is 10.1. The van der Waals surface area contributed by atoms with Gasteiger partial charge in [-0.05, 0) is 24.4 Å². The van der Waals surface area contributed by atoms with E-state index < -0.39 is 45.6 Å². The van der Waals surface area contributed by atoms with Crippen molar-refractivity contribution in [3.63, 3.8) is 0 Å². The predicted molar refractivity (Wildman–Crippen MR) is 87.7 cm³/mol. The maximum atomic E-state index is 13.9. The fourth-order valence-electron chi connectivity index (χ4n) is 2.00. The molecule has 134 valence electrons. The number of amides is 1. The number of halogens is 4. The molecule has 0 aromatic heterocycles. The Morgan fingerprint density at radius 3 is 2.23 bits per heavy atom. The van der Waals surface area contributed by atoms with Gasteiger partial charge in [-0.1, -0.05) is 12.1 Å². The molecule has 0 aliphatic rings. The summed E-state index contributed by atoms with van der Waals surface area (Å²) in [6.07, 6.45) is 0. The van der Waals surface area contributed by atoms with Gasteiger partial charge in [-0.15, -0.1) is 0 Å². The molecule has 10 heteroatoms. The molecule has 0 fully saturated rings. The molecule has 2 aromatic carbocycles. The van der Waals surface area contributed by atoms with Gasteiger partial charge < -0.3 is 10.1 Å². The van der Waals surface area contributed by atoms with E-state index in [1.54, 1.807) is 12.1 Å². The number of nitriles is 1. The highest BCUT2D eigenvalue weighted by molar-refractivity contribution is 7.80. The van der Waals surface area contributed by atoms with Gasteiger partial charge in [-0.25, -0.2) is 8.78 Å². The highest BCUT2D eigenvalue weighted by atomic mass is 32.1. The number of nitrogens with one attached hydrogen (secondary N) is 2. The van der Waals surface area contributed by atoms with E-state index in [0.717, 1.165) is 7.11 Å². The van der Waals surface area contributed by atoms with E-state index in [9.17, 15) is 22.4 Å². The zero-order valence-corrected chi connectivity index (χ0v) is 13.8. The van der Waals surface area contributed by atoms with Crippen LogP contribution in [-0.2, 0) is 0 Å². The Morgan fingerprint density at radius 2 is 1.69 bits per heavy atom. The molecule has 1 amide bonds. The molecule has 0 saturated carbocycles. The molecule has 2 rings (SSSR count). The van der Waals surface area contributed by atoms with Crippen molar-refractivity contribution in [1.82, 2.24) is 5.32 Å². The molecule has 26 heavy (non-hydrogen) atoms.